The molecule has 1 amide bonds. The lowest BCUT2D eigenvalue weighted by Gasteiger charge is -2.23. The quantitative estimate of drug-likeness (QED) is 0.688. The van der Waals surface area contributed by atoms with Crippen molar-refractivity contribution in [3.8, 4) is 0 Å². The Balaban J connectivity index is 2.01. The third-order valence-corrected chi connectivity index (χ3v) is 5.50. The largest absolute Gasteiger partial charge is 0.416 e. The number of sulfonamides is 1. The number of hydrogen-bond acceptors (Lipinski definition) is 3. The predicted molar refractivity (Wildman–Crippen MR) is 106 cm³/mol. The van der Waals surface area contributed by atoms with E-state index in [0.29, 0.717) is 0 Å². The van der Waals surface area contributed by atoms with E-state index in [-0.39, 0.29) is 37.0 Å². The summed E-state index contributed by atoms with van der Waals surface area (Å²) in [6.07, 6.45) is -3.45. The summed E-state index contributed by atoms with van der Waals surface area (Å²) in [4.78, 5) is 12.2. The Morgan fingerprint density at radius 2 is 1.76 bits per heavy atom. The van der Waals surface area contributed by atoms with Crippen molar-refractivity contribution in [2.75, 3.05) is 17.1 Å². The van der Waals surface area contributed by atoms with Crippen molar-refractivity contribution in [2.24, 2.45) is 0 Å². The molecule has 158 valence electrons. The number of amides is 1. The van der Waals surface area contributed by atoms with Crippen molar-refractivity contribution >= 4 is 21.6 Å². The Morgan fingerprint density at radius 3 is 2.34 bits per heavy atom. The van der Waals surface area contributed by atoms with Crippen LogP contribution in [0.4, 0.5) is 18.9 Å². The standard InChI is InChI=1S/C20H23F3N2O3S/c1-15(16-8-4-3-5-9-16)24-19(26)12-7-13-25(29(2,27)28)18-11-6-10-17(14-18)20(21,22)23/h3-6,8-11,14-15H,7,12-13H2,1-2H3,(H,24,26)/t15-/m1/s1. The summed E-state index contributed by atoms with van der Waals surface area (Å²) in [5, 5.41) is 2.82. The molecule has 0 spiro atoms. The van der Waals surface area contributed by atoms with Gasteiger partial charge in [-0.2, -0.15) is 13.2 Å². The zero-order chi connectivity index (χ0) is 21.7. The monoisotopic (exact) mass is 428 g/mol. The maximum Gasteiger partial charge on any atom is 0.416 e. The molecule has 2 aromatic carbocycles. The molecule has 2 aromatic rings. The Morgan fingerprint density at radius 1 is 1.10 bits per heavy atom. The number of alkyl halides is 3. The van der Waals surface area contributed by atoms with Gasteiger partial charge in [0.1, 0.15) is 0 Å². The topological polar surface area (TPSA) is 66.5 Å². The Labute approximate surface area is 168 Å². The first-order valence-corrected chi connectivity index (χ1v) is 10.8. The van der Waals surface area contributed by atoms with Crippen molar-refractivity contribution in [3.05, 3.63) is 65.7 Å². The second-order valence-corrected chi connectivity index (χ2v) is 8.59. The minimum Gasteiger partial charge on any atom is -0.350 e. The van der Waals surface area contributed by atoms with Gasteiger partial charge in [-0.15, -0.1) is 0 Å². The van der Waals surface area contributed by atoms with Gasteiger partial charge in [-0.3, -0.25) is 9.10 Å². The van der Waals surface area contributed by atoms with Gasteiger partial charge in [0.2, 0.25) is 15.9 Å². The van der Waals surface area contributed by atoms with Crippen LogP contribution in [0.5, 0.6) is 0 Å². The van der Waals surface area contributed by atoms with Crippen LogP contribution >= 0.6 is 0 Å². The van der Waals surface area contributed by atoms with E-state index < -0.39 is 21.8 Å². The maximum atomic E-state index is 12.9. The van der Waals surface area contributed by atoms with E-state index in [1.165, 1.54) is 6.07 Å². The van der Waals surface area contributed by atoms with Gasteiger partial charge in [0.25, 0.3) is 0 Å². The zero-order valence-corrected chi connectivity index (χ0v) is 16.9. The Hall–Kier alpha value is -2.55. The average molecular weight is 428 g/mol. The Kier molecular flexibility index (Phi) is 7.29. The highest BCUT2D eigenvalue weighted by Crippen LogP contribution is 2.32. The number of hydrogen-bond donors (Lipinski definition) is 1. The molecule has 0 fully saturated rings. The second kappa shape index (κ2) is 9.30. The minimum atomic E-state index is -4.58. The van der Waals surface area contributed by atoms with Crippen LogP contribution in [0.15, 0.2) is 54.6 Å². The highest BCUT2D eigenvalue weighted by Gasteiger charge is 2.31. The Bertz CT molecular complexity index is 931. The number of halogens is 3. The van der Waals surface area contributed by atoms with Crippen LogP contribution < -0.4 is 9.62 Å². The summed E-state index contributed by atoms with van der Waals surface area (Å²) < 4.78 is 63.8. The third-order valence-electron chi connectivity index (χ3n) is 4.30. The van der Waals surface area contributed by atoms with Gasteiger partial charge in [-0.25, -0.2) is 8.42 Å². The number of nitrogens with zero attached hydrogens (tertiary/aromatic N) is 1. The van der Waals surface area contributed by atoms with Crippen molar-refractivity contribution in [1.82, 2.24) is 5.32 Å². The summed E-state index contributed by atoms with van der Waals surface area (Å²) in [5.41, 5.74) is -0.0824. The highest BCUT2D eigenvalue weighted by molar-refractivity contribution is 7.92. The van der Waals surface area contributed by atoms with E-state index >= 15 is 0 Å². The molecule has 2 rings (SSSR count). The first-order chi connectivity index (χ1) is 13.5. The van der Waals surface area contributed by atoms with Crippen molar-refractivity contribution in [3.63, 3.8) is 0 Å². The van der Waals surface area contributed by atoms with E-state index in [4.69, 9.17) is 0 Å². The average Bonchev–Trinajstić information content (AvgIpc) is 2.64. The molecule has 0 aromatic heterocycles. The number of rotatable bonds is 8. The molecular weight excluding hydrogens is 405 g/mol. The summed E-state index contributed by atoms with van der Waals surface area (Å²) in [5.74, 6) is -0.265. The summed E-state index contributed by atoms with van der Waals surface area (Å²) >= 11 is 0. The summed E-state index contributed by atoms with van der Waals surface area (Å²) in [6.45, 7) is 1.73. The fraction of sp³-hybridized carbons (Fsp3) is 0.350. The minimum absolute atomic E-state index is 0.0438. The normalized spacial score (nSPS) is 13.0. The molecule has 0 unspecified atom stereocenters. The predicted octanol–water partition coefficient (Wildman–Crippen LogP) is 4.13. The molecule has 0 saturated carbocycles. The van der Waals surface area contributed by atoms with E-state index in [1.54, 1.807) is 0 Å². The smallest absolute Gasteiger partial charge is 0.350 e. The van der Waals surface area contributed by atoms with E-state index in [2.05, 4.69) is 5.32 Å². The second-order valence-electron chi connectivity index (χ2n) is 6.69. The third kappa shape index (κ3) is 6.77. The molecule has 9 heteroatoms. The van der Waals surface area contributed by atoms with Crippen molar-refractivity contribution in [2.45, 2.75) is 32.0 Å². The van der Waals surface area contributed by atoms with Crippen LogP contribution in [-0.4, -0.2) is 27.1 Å². The molecule has 0 heterocycles. The van der Waals surface area contributed by atoms with Crippen LogP contribution in [0.2, 0.25) is 0 Å². The SMILES string of the molecule is C[C@@H](NC(=O)CCCN(c1cccc(C(F)(F)F)c1)S(C)(=O)=O)c1ccccc1. The number of nitrogens with one attached hydrogen (secondary N) is 1. The number of anilines is 1. The molecule has 5 nitrogen and oxygen atoms in total. The molecule has 1 N–H and O–H groups in total. The number of benzene rings is 2. The lowest BCUT2D eigenvalue weighted by Crippen LogP contribution is -2.32. The van der Waals surface area contributed by atoms with Crippen LogP contribution in [0.1, 0.15) is 36.9 Å². The fourth-order valence-electron chi connectivity index (χ4n) is 2.85. The fourth-order valence-corrected chi connectivity index (χ4v) is 3.80. The lowest BCUT2D eigenvalue weighted by molar-refractivity contribution is -0.137. The van der Waals surface area contributed by atoms with E-state index in [0.717, 1.165) is 34.3 Å². The maximum absolute atomic E-state index is 12.9. The van der Waals surface area contributed by atoms with Crippen molar-refractivity contribution < 1.29 is 26.4 Å². The first kappa shape index (κ1) is 22.7. The molecule has 0 saturated heterocycles. The molecule has 0 radical (unpaired) electrons. The summed E-state index contributed by atoms with van der Waals surface area (Å²) in [6, 6.07) is 13.3. The van der Waals surface area contributed by atoms with Gasteiger partial charge < -0.3 is 5.32 Å². The highest BCUT2D eigenvalue weighted by atomic mass is 32.2. The van der Waals surface area contributed by atoms with Gasteiger partial charge in [0, 0.05) is 13.0 Å². The van der Waals surface area contributed by atoms with E-state index in [9.17, 15) is 26.4 Å². The lowest BCUT2D eigenvalue weighted by atomic mass is 10.1. The van der Waals surface area contributed by atoms with Crippen LogP contribution in [-0.2, 0) is 21.0 Å². The van der Waals surface area contributed by atoms with Gasteiger partial charge in [0.05, 0.1) is 23.5 Å². The van der Waals surface area contributed by atoms with Gasteiger partial charge in [-0.1, -0.05) is 36.4 Å². The summed E-state index contributed by atoms with van der Waals surface area (Å²) in [7, 11) is -3.81. The van der Waals surface area contributed by atoms with Gasteiger partial charge in [0.15, 0.2) is 0 Å². The first-order valence-electron chi connectivity index (χ1n) is 8.98. The van der Waals surface area contributed by atoms with Crippen LogP contribution in [0.25, 0.3) is 0 Å². The van der Waals surface area contributed by atoms with Crippen LogP contribution in [0, 0.1) is 0 Å². The molecule has 29 heavy (non-hydrogen) atoms. The molecule has 0 aliphatic carbocycles. The molecule has 0 aliphatic rings. The zero-order valence-electron chi connectivity index (χ0n) is 16.1. The van der Waals surface area contributed by atoms with Crippen molar-refractivity contribution in [1.29, 1.82) is 0 Å². The van der Waals surface area contributed by atoms with Gasteiger partial charge >= 0.3 is 6.18 Å². The molecule has 0 bridgehead atoms. The molecular formula is C20H23F3N2O3S. The van der Waals surface area contributed by atoms with Crippen LogP contribution in [0.3, 0.4) is 0 Å². The van der Waals surface area contributed by atoms with Gasteiger partial charge in [-0.05, 0) is 37.1 Å². The number of carbonyl (C=O) groups is 1. The molecule has 0 aliphatic heterocycles. The van der Waals surface area contributed by atoms with E-state index in [1.807, 2.05) is 37.3 Å². The number of carbonyl (C=O) groups excluding carboxylic acids is 1. The molecule has 1 atom stereocenters.